The topological polar surface area (TPSA) is 25.8 Å². The van der Waals surface area contributed by atoms with Crippen LogP contribution in [0, 0.1) is 0 Å². The Morgan fingerprint density at radius 3 is 1.61 bits per heavy atom. The van der Waals surface area contributed by atoms with E-state index in [4.69, 9.17) is 9.97 Å². The largest absolute Gasteiger partial charge is 0.253 e. The van der Waals surface area contributed by atoms with Crippen LogP contribution in [0.2, 0.25) is 0 Å². The second-order valence-corrected chi connectivity index (χ2v) is 11.8. The molecule has 214 valence electrons. The van der Waals surface area contributed by atoms with Crippen LogP contribution in [0.15, 0.2) is 170 Å². The van der Waals surface area contributed by atoms with Gasteiger partial charge in [0.15, 0.2) is 0 Å². The van der Waals surface area contributed by atoms with Crippen LogP contribution in [0.3, 0.4) is 0 Å². The van der Waals surface area contributed by atoms with Gasteiger partial charge in [-0.1, -0.05) is 146 Å². The van der Waals surface area contributed by atoms with E-state index in [0.29, 0.717) is 0 Å². The lowest BCUT2D eigenvalue weighted by molar-refractivity contribution is 1.37. The van der Waals surface area contributed by atoms with Crippen molar-refractivity contribution in [2.45, 2.75) is 0 Å². The molecule has 0 amide bonds. The Hall–Kier alpha value is -6.12. The van der Waals surface area contributed by atoms with Gasteiger partial charge in [-0.15, -0.1) is 0 Å². The molecule has 0 unspecified atom stereocenters. The van der Waals surface area contributed by atoms with Crippen LogP contribution in [0.25, 0.3) is 88.0 Å². The summed E-state index contributed by atoms with van der Waals surface area (Å²) in [4.78, 5) is 10.6. The molecule has 2 heterocycles. The highest BCUT2D eigenvalue weighted by Crippen LogP contribution is 2.42. The third-order valence-electron chi connectivity index (χ3n) is 9.07. The van der Waals surface area contributed by atoms with E-state index in [1.807, 2.05) is 6.20 Å². The molecule has 0 atom stereocenters. The summed E-state index contributed by atoms with van der Waals surface area (Å²) in [6.45, 7) is 0. The number of pyridine rings is 2. The van der Waals surface area contributed by atoms with Crippen molar-refractivity contribution in [2.24, 2.45) is 0 Å². The Balaban J connectivity index is 1.36. The summed E-state index contributed by atoms with van der Waals surface area (Å²) in [5.41, 5.74) is 10.7. The van der Waals surface area contributed by atoms with Gasteiger partial charge in [0.05, 0.1) is 16.7 Å². The summed E-state index contributed by atoms with van der Waals surface area (Å²) in [6, 6.07) is 58.3. The number of fused-ring (bicyclic) bond motifs is 5. The average molecular weight is 585 g/mol. The molecule has 0 spiro atoms. The zero-order valence-corrected chi connectivity index (χ0v) is 25.1. The van der Waals surface area contributed by atoms with E-state index < -0.39 is 0 Å². The molecule has 0 aliphatic rings. The molecular weight excluding hydrogens is 556 g/mol. The first-order chi connectivity index (χ1) is 22.8. The van der Waals surface area contributed by atoms with Gasteiger partial charge in [-0.05, 0) is 62.0 Å². The van der Waals surface area contributed by atoms with E-state index in [-0.39, 0.29) is 0 Å². The third-order valence-corrected chi connectivity index (χ3v) is 9.07. The third kappa shape index (κ3) is 4.43. The van der Waals surface area contributed by atoms with Crippen molar-refractivity contribution < 1.29 is 0 Å². The van der Waals surface area contributed by atoms with Crippen LogP contribution in [0.1, 0.15) is 0 Å². The van der Waals surface area contributed by atoms with Gasteiger partial charge in [0, 0.05) is 33.7 Å². The zero-order valence-electron chi connectivity index (χ0n) is 25.1. The van der Waals surface area contributed by atoms with Crippen LogP contribution < -0.4 is 0 Å². The fourth-order valence-corrected chi connectivity index (χ4v) is 6.79. The molecule has 0 saturated heterocycles. The molecule has 2 heteroatoms. The second-order valence-electron chi connectivity index (χ2n) is 11.8. The Morgan fingerprint density at radius 1 is 0.348 bits per heavy atom. The maximum absolute atomic E-state index is 5.38. The van der Waals surface area contributed by atoms with Gasteiger partial charge in [0.25, 0.3) is 0 Å². The predicted molar refractivity (Wildman–Crippen MR) is 194 cm³/mol. The Kier molecular flexibility index (Phi) is 6.17. The highest BCUT2D eigenvalue weighted by Gasteiger charge is 2.18. The van der Waals surface area contributed by atoms with Crippen molar-refractivity contribution >= 4 is 43.4 Å². The first-order valence-electron chi connectivity index (χ1n) is 15.7. The molecule has 0 aliphatic carbocycles. The highest BCUT2D eigenvalue weighted by molar-refractivity contribution is 6.15. The molecule has 46 heavy (non-hydrogen) atoms. The zero-order chi connectivity index (χ0) is 30.5. The van der Waals surface area contributed by atoms with E-state index in [9.17, 15) is 0 Å². The molecule has 9 aromatic rings. The first kappa shape index (κ1) is 26.3. The van der Waals surface area contributed by atoms with Crippen molar-refractivity contribution in [3.63, 3.8) is 0 Å². The first-order valence-corrected chi connectivity index (χ1v) is 15.7. The summed E-state index contributed by atoms with van der Waals surface area (Å²) < 4.78 is 0. The van der Waals surface area contributed by atoms with E-state index >= 15 is 0 Å². The quantitative estimate of drug-likeness (QED) is 0.192. The van der Waals surface area contributed by atoms with E-state index in [2.05, 4.69) is 164 Å². The molecule has 2 nitrogen and oxygen atoms in total. The van der Waals surface area contributed by atoms with Crippen LogP contribution in [0.5, 0.6) is 0 Å². The van der Waals surface area contributed by atoms with Crippen LogP contribution in [-0.4, -0.2) is 9.97 Å². The van der Waals surface area contributed by atoms with E-state index in [1.165, 1.54) is 27.1 Å². The number of aromatic nitrogens is 2. The maximum atomic E-state index is 5.38. The summed E-state index contributed by atoms with van der Waals surface area (Å²) in [7, 11) is 0. The standard InChI is InChI=1S/C44H28N2/c1-3-13-31(14-4-1)39-27-41(36-22-20-30-12-8-10-18-34(30)26-36)46-44-37(39)23-24-38-42(32-15-5-2-6-16-32)40(28-45-43(38)44)35-21-19-29-11-7-9-17-33(29)25-35/h1-28H. The van der Waals surface area contributed by atoms with Crippen LogP contribution in [-0.2, 0) is 0 Å². The predicted octanol–water partition coefficient (Wildman–Crippen LogP) is 11.8. The van der Waals surface area contributed by atoms with Crippen LogP contribution >= 0.6 is 0 Å². The lowest BCUT2D eigenvalue weighted by atomic mass is 9.90. The summed E-state index contributed by atoms with van der Waals surface area (Å²) in [5.74, 6) is 0. The molecule has 0 N–H and O–H groups in total. The monoisotopic (exact) mass is 584 g/mol. The molecule has 0 saturated carbocycles. The summed E-state index contributed by atoms with van der Waals surface area (Å²) >= 11 is 0. The minimum Gasteiger partial charge on any atom is -0.253 e. The van der Waals surface area contributed by atoms with Gasteiger partial charge in [-0.25, -0.2) is 4.98 Å². The average Bonchev–Trinajstić information content (AvgIpc) is 3.14. The maximum Gasteiger partial charge on any atom is 0.0978 e. The van der Waals surface area contributed by atoms with Crippen molar-refractivity contribution in [3.8, 4) is 44.6 Å². The smallest absolute Gasteiger partial charge is 0.0978 e. The van der Waals surface area contributed by atoms with Gasteiger partial charge in [0.2, 0.25) is 0 Å². The fraction of sp³-hybridized carbons (Fsp3) is 0. The van der Waals surface area contributed by atoms with Gasteiger partial charge in [0.1, 0.15) is 0 Å². The molecule has 0 aliphatic heterocycles. The molecule has 2 aromatic heterocycles. The Bertz CT molecular complexity index is 2570. The van der Waals surface area contributed by atoms with Gasteiger partial charge >= 0.3 is 0 Å². The molecule has 7 aromatic carbocycles. The SMILES string of the molecule is c1ccc(-c2cc(-c3ccc4ccccc4c3)nc3c2ccc2c(-c4ccccc4)c(-c4ccc5ccccc5c4)cnc23)cc1. The van der Waals surface area contributed by atoms with Gasteiger partial charge < -0.3 is 0 Å². The fourth-order valence-electron chi connectivity index (χ4n) is 6.79. The number of hydrogen-bond donors (Lipinski definition) is 0. The number of rotatable bonds is 4. The second kappa shape index (κ2) is 10.8. The Morgan fingerprint density at radius 2 is 0.913 bits per heavy atom. The van der Waals surface area contributed by atoms with Crippen molar-refractivity contribution in [2.75, 3.05) is 0 Å². The Labute approximate surface area is 267 Å². The minimum atomic E-state index is 0.903. The molecule has 0 fully saturated rings. The minimum absolute atomic E-state index is 0.903. The molecule has 0 bridgehead atoms. The molecule has 9 rings (SSSR count). The number of hydrogen-bond acceptors (Lipinski definition) is 2. The van der Waals surface area contributed by atoms with Crippen molar-refractivity contribution in [3.05, 3.63) is 170 Å². The van der Waals surface area contributed by atoms with E-state index in [0.717, 1.165) is 60.9 Å². The molecular formula is C44H28N2. The number of benzene rings is 7. The highest BCUT2D eigenvalue weighted by atomic mass is 14.8. The van der Waals surface area contributed by atoms with Crippen molar-refractivity contribution in [1.29, 1.82) is 0 Å². The lowest BCUT2D eigenvalue weighted by Gasteiger charge is -2.17. The van der Waals surface area contributed by atoms with Gasteiger partial charge in [-0.2, -0.15) is 0 Å². The normalized spacial score (nSPS) is 11.5. The van der Waals surface area contributed by atoms with Crippen molar-refractivity contribution in [1.82, 2.24) is 9.97 Å². The molecule has 0 radical (unpaired) electrons. The van der Waals surface area contributed by atoms with Crippen LogP contribution in [0.4, 0.5) is 0 Å². The lowest BCUT2D eigenvalue weighted by Crippen LogP contribution is -1.95. The number of nitrogens with zero attached hydrogens (tertiary/aromatic N) is 2. The van der Waals surface area contributed by atoms with E-state index in [1.54, 1.807) is 0 Å². The van der Waals surface area contributed by atoms with Gasteiger partial charge in [-0.3, -0.25) is 4.98 Å². The summed E-state index contributed by atoms with van der Waals surface area (Å²) in [5, 5.41) is 7.04. The summed E-state index contributed by atoms with van der Waals surface area (Å²) in [6.07, 6.45) is 2.04.